The topological polar surface area (TPSA) is 58.4 Å². The van der Waals surface area contributed by atoms with Gasteiger partial charge in [0.25, 0.3) is 0 Å². The minimum Gasteiger partial charge on any atom is -0.344 e. The van der Waals surface area contributed by atoms with Gasteiger partial charge < -0.3 is 15.0 Å². The molecule has 1 amide bonds. The summed E-state index contributed by atoms with van der Waals surface area (Å²) >= 11 is 0. The Hall–Kier alpha value is -2.09. The summed E-state index contributed by atoms with van der Waals surface area (Å²) in [6.45, 7) is 5.22. The number of nitrogens with one attached hydrogen (secondary N) is 2. The van der Waals surface area contributed by atoms with Crippen LogP contribution in [0.2, 0.25) is 0 Å². The molecule has 2 aliphatic rings. The maximum Gasteiger partial charge on any atom is 0.417 e. The van der Waals surface area contributed by atoms with Crippen molar-refractivity contribution in [2.45, 2.75) is 25.6 Å². The van der Waals surface area contributed by atoms with Gasteiger partial charge in [0.15, 0.2) is 0 Å². The molecule has 5 nitrogen and oxygen atoms in total. The van der Waals surface area contributed by atoms with Crippen LogP contribution in [0, 0.1) is 17.8 Å². The minimum absolute atomic E-state index is 0.00233. The van der Waals surface area contributed by atoms with E-state index in [4.69, 9.17) is 0 Å². The molecule has 2 aromatic heterocycles. The van der Waals surface area contributed by atoms with Crippen LogP contribution in [-0.4, -0.2) is 28.4 Å². The van der Waals surface area contributed by atoms with Crippen LogP contribution in [0.3, 0.4) is 0 Å². The van der Waals surface area contributed by atoms with Crippen molar-refractivity contribution >= 4 is 11.4 Å². The summed E-state index contributed by atoms with van der Waals surface area (Å²) in [4.78, 5) is 16.8. The van der Waals surface area contributed by atoms with Crippen molar-refractivity contribution in [3.8, 4) is 0 Å². The van der Waals surface area contributed by atoms with Crippen molar-refractivity contribution in [3.63, 3.8) is 0 Å². The number of fused-ring (bicyclic) bond motifs is 2. The summed E-state index contributed by atoms with van der Waals surface area (Å²) < 4.78 is 40.4. The van der Waals surface area contributed by atoms with Crippen LogP contribution in [0.4, 0.5) is 13.2 Å². The Kier molecular flexibility index (Phi) is 3.41. The van der Waals surface area contributed by atoms with E-state index in [2.05, 4.69) is 15.6 Å². The number of aromatic nitrogens is 2. The maximum atomic E-state index is 13.0. The van der Waals surface area contributed by atoms with E-state index >= 15 is 0 Å². The van der Waals surface area contributed by atoms with Crippen LogP contribution in [0.1, 0.15) is 25.2 Å². The largest absolute Gasteiger partial charge is 0.417 e. The molecule has 134 valence electrons. The molecule has 2 fully saturated rings. The molecule has 3 atom stereocenters. The van der Waals surface area contributed by atoms with E-state index in [0.29, 0.717) is 23.2 Å². The van der Waals surface area contributed by atoms with Gasteiger partial charge in [-0.05, 0) is 50.9 Å². The number of alkyl halides is 3. The number of carbonyl (C=O) groups excluding carboxylic acids is 1. The van der Waals surface area contributed by atoms with Gasteiger partial charge in [0.1, 0.15) is 5.82 Å². The van der Waals surface area contributed by atoms with E-state index in [1.165, 1.54) is 16.7 Å². The van der Waals surface area contributed by atoms with Crippen LogP contribution in [0.25, 0.3) is 5.52 Å². The summed E-state index contributed by atoms with van der Waals surface area (Å²) in [5, 5.41) is 6.21. The fourth-order valence-electron chi connectivity index (χ4n) is 3.87. The number of halogens is 3. The summed E-state index contributed by atoms with van der Waals surface area (Å²) in [7, 11) is 0. The van der Waals surface area contributed by atoms with Crippen LogP contribution >= 0.6 is 0 Å². The fourth-order valence-corrected chi connectivity index (χ4v) is 3.87. The molecule has 1 saturated carbocycles. The predicted molar refractivity (Wildman–Crippen MR) is 84.7 cm³/mol. The van der Waals surface area contributed by atoms with Gasteiger partial charge in [0, 0.05) is 12.1 Å². The first-order chi connectivity index (χ1) is 11.7. The van der Waals surface area contributed by atoms with Gasteiger partial charge in [-0.1, -0.05) is 0 Å². The standard InChI is InChI=1S/C17H19F3N4O/c1-16(2,23-14(25)13-11-6-21-7-12(11)13)15-22-5-10-4-3-9(8-24(10)15)17(18,19)20/h3-5,8,11-13,21H,6-7H2,1-2H3,(H,23,25)/t11-,12+,13?. The van der Waals surface area contributed by atoms with Crippen molar-refractivity contribution in [1.82, 2.24) is 20.0 Å². The second kappa shape index (κ2) is 5.20. The van der Waals surface area contributed by atoms with E-state index in [1.807, 2.05) is 0 Å². The van der Waals surface area contributed by atoms with Gasteiger partial charge in [0.05, 0.1) is 22.8 Å². The van der Waals surface area contributed by atoms with Crippen molar-refractivity contribution in [3.05, 3.63) is 35.9 Å². The molecule has 1 aliphatic heterocycles. The average molecular weight is 352 g/mol. The lowest BCUT2D eigenvalue weighted by Crippen LogP contribution is -2.44. The smallest absolute Gasteiger partial charge is 0.344 e. The van der Waals surface area contributed by atoms with Crippen molar-refractivity contribution < 1.29 is 18.0 Å². The molecule has 2 aromatic rings. The van der Waals surface area contributed by atoms with Crippen LogP contribution < -0.4 is 10.6 Å². The molecule has 1 aliphatic carbocycles. The molecular formula is C17H19F3N4O. The molecule has 1 saturated heterocycles. The third-order valence-corrected chi connectivity index (χ3v) is 5.24. The number of rotatable bonds is 3. The molecule has 0 radical (unpaired) electrons. The Labute approximate surface area is 142 Å². The number of imidazole rings is 1. The Balaban J connectivity index is 1.62. The molecule has 25 heavy (non-hydrogen) atoms. The molecule has 8 heteroatoms. The van der Waals surface area contributed by atoms with Gasteiger partial charge in [-0.3, -0.25) is 4.79 Å². The highest BCUT2D eigenvalue weighted by Gasteiger charge is 2.57. The normalized spacial score (nSPS) is 25.9. The number of piperidine rings is 1. The Morgan fingerprint density at radius 1 is 1.28 bits per heavy atom. The molecule has 2 N–H and O–H groups in total. The maximum absolute atomic E-state index is 13.0. The van der Waals surface area contributed by atoms with Gasteiger partial charge in [-0.2, -0.15) is 13.2 Å². The first kappa shape index (κ1) is 16.4. The number of nitrogens with zero attached hydrogens (tertiary/aromatic N) is 2. The SMILES string of the molecule is CC(C)(NC(=O)C1[C@H]2CNC[C@@H]12)c1ncc2ccc(C(F)(F)F)cn12. The second-order valence-corrected chi connectivity index (χ2v) is 7.42. The fraction of sp³-hybridized carbons (Fsp3) is 0.529. The van der Waals surface area contributed by atoms with Gasteiger partial charge in [-0.25, -0.2) is 4.98 Å². The zero-order valence-electron chi connectivity index (χ0n) is 13.9. The molecular weight excluding hydrogens is 333 g/mol. The quantitative estimate of drug-likeness (QED) is 0.890. The van der Waals surface area contributed by atoms with Crippen molar-refractivity contribution in [2.24, 2.45) is 17.8 Å². The number of pyridine rings is 1. The van der Waals surface area contributed by atoms with Crippen LogP contribution in [0.5, 0.6) is 0 Å². The Morgan fingerprint density at radius 2 is 1.96 bits per heavy atom. The van der Waals surface area contributed by atoms with E-state index in [0.717, 1.165) is 25.4 Å². The molecule has 4 rings (SSSR count). The van der Waals surface area contributed by atoms with Gasteiger partial charge in [0.2, 0.25) is 5.91 Å². The zero-order chi connectivity index (χ0) is 18.0. The lowest BCUT2D eigenvalue weighted by molar-refractivity contribution is -0.138. The monoisotopic (exact) mass is 352 g/mol. The zero-order valence-corrected chi connectivity index (χ0v) is 13.9. The van der Waals surface area contributed by atoms with Crippen molar-refractivity contribution in [2.75, 3.05) is 13.1 Å². The molecule has 1 unspecified atom stereocenters. The Bertz CT molecular complexity index is 832. The summed E-state index contributed by atoms with van der Waals surface area (Å²) in [5.74, 6) is 1.09. The first-order valence-corrected chi connectivity index (χ1v) is 8.26. The molecule has 0 aromatic carbocycles. The van der Waals surface area contributed by atoms with Gasteiger partial charge >= 0.3 is 6.18 Å². The number of carbonyl (C=O) groups is 1. The van der Waals surface area contributed by atoms with E-state index in [-0.39, 0.29) is 11.8 Å². The third kappa shape index (κ3) is 2.68. The van der Waals surface area contributed by atoms with Crippen molar-refractivity contribution in [1.29, 1.82) is 0 Å². The van der Waals surface area contributed by atoms with Crippen LogP contribution in [-0.2, 0) is 16.5 Å². The van der Waals surface area contributed by atoms with E-state index in [9.17, 15) is 18.0 Å². The second-order valence-electron chi connectivity index (χ2n) is 7.42. The lowest BCUT2D eigenvalue weighted by atomic mass is 10.0. The molecule has 0 spiro atoms. The van der Waals surface area contributed by atoms with E-state index < -0.39 is 17.3 Å². The van der Waals surface area contributed by atoms with Gasteiger partial charge in [-0.15, -0.1) is 0 Å². The first-order valence-electron chi connectivity index (χ1n) is 8.26. The number of amides is 1. The molecule has 3 heterocycles. The highest BCUT2D eigenvalue weighted by molar-refractivity contribution is 5.83. The summed E-state index contributed by atoms with van der Waals surface area (Å²) in [5.41, 5.74) is -1.07. The number of hydrogen-bond acceptors (Lipinski definition) is 3. The highest BCUT2D eigenvalue weighted by Crippen LogP contribution is 2.49. The average Bonchev–Trinajstić information content (AvgIpc) is 2.88. The van der Waals surface area contributed by atoms with E-state index in [1.54, 1.807) is 13.8 Å². The summed E-state index contributed by atoms with van der Waals surface area (Å²) in [6, 6.07) is 2.42. The predicted octanol–water partition coefficient (Wildman–Crippen LogP) is 2.17. The lowest BCUT2D eigenvalue weighted by Gasteiger charge is -2.26. The highest BCUT2D eigenvalue weighted by atomic mass is 19.4. The number of hydrogen-bond donors (Lipinski definition) is 2. The summed E-state index contributed by atoms with van der Waals surface area (Å²) in [6.07, 6.45) is -1.89. The minimum atomic E-state index is -4.43. The third-order valence-electron chi connectivity index (χ3n) is 5.24. The molecule has 0 bridgehead atoms. The Morgan fingerprint density at radius 3 is 2.60 bits per heavy atom. The van der Waals surface area contributed by atoms with Crippen LogP contribution in [0.15, 0.2) is 24.5 Å².